The molecule has 0 aliphatic rings. The highest BCUT2D eigenvalue weighted by Crippen LogP contribution is 2.12. The Kier molecular flexibility index (Phi) is 3.75. The molecule has 0 unspecified atom stereocenters. The number of H-pyrrole nitrogens is 1. The Morgan fingerprint density at radius 3 is 2.83 bits per heavy atom. The van der Waals surface area contributed by atoms with Crippen LogP contribution < -0.4 is 15.8 Å². The summed E-state index contributed by atoms with van der Waals surface area (Å²) in [6, 6.07) is 6.83. The van der Waals surface area contributed by atoms with E-state index in [4.69, 9.17) is 10.5 Å². The van der Waals surface area contributed by atoms with Gasteiger partial charge in [-0.15, -0.1) is 0 Å². The van der Waals surface area contributed by atoms with Crippen molar-refractivity contribution in [2.75, 3.05) is 12.3 Å². The van der Waals surface area contributed by atoms with Crippen molar-refractivity contribution in [1.82, 2.24) is 20.5 Å². The van der Waals surface area contributed by atoms with Crippen molar-refractivity contribution in [2.45, 2.75) is 6.54 Å². The van der Waals surface area contributed by atoms with Crippen LogP contribution in [0.2, 0.25) is 0 Å². The number of carbonyl (C=O) groups is 1. The molecule has 2 rings (SSSR count). The van der Waals surface area contributed by atoms with Gasteiger partial charge in [-0.3, -0.25) is 9.89 Å². The number of aromatic nitrogens is 3. The maximum absolute atomic E-state index is 11.5. The maximum Gasteiger partial charge on any atom is 0.258 e. The summed E-state index contributed by atoms with van der Waals surface area (Å²) in [4.78, 5) is 15.3. The van der Waals surface area contributed by atoms with Crippen LogP contribution in [-0.4, -0.2) is 27.7 Å². The van der Waals surface area contributed by atoms with Gasteiger partial charge in [0.1, 0.15) is 17.9 Å². The Hall–Kier alpha value is -2.57. The number of aromatic amines is 1. The highest BCUT2D eigenvalue weighted by atomic mass is 16.5. The predicted octanol–water partition coefficient (Wildman–Crippen LogP) is 0.0821. The molecule has 1 amide bonds. The monoisotopic (exact) mass is 247 g/mol. The first kappa shape index (κ1) is 11.9. The van der Waals surface area contributed by atoms with Gasteiger partial charge in [0.15, 0.2) is 6.61 Å². The summed E-state index contributed by atoms with van der Waals surface area (Å²) in [7, 11) is 0. The van der Waals surface area contributed by atoms with Crippen LogP contribution in [-0.2, 0) is 11.3 Å². The van der Waals surface area contributed by atoms with Crippen LogP contribution in [0.1, 0.15) is 5.82 Å². The molecule has 2 aromatic rings. The number of hydrogen-bond donors (Lipinski definition) is 3. The Labute approximate surface area is 103 Å². The quantitative estimate of drug-likeness (QED) is 0.649. The van der Waals surface area contributed by atoms with Crippen molar-refractivity contribution < 1.29 is 9.53 Å². The Morgan fingerprint density at radius 1 is 1.39 bits per heavy atom. The van der Waals surface area contributed by atoms with Crippen molar-refractivity contribution in [1.29, 1.82) is 0 Å². The van der Waals surface area contributed by atoms with E-state index in [9.17, 15) is 4.79 Å². The number of benzene rings is 1. The number of ether oxygens (including phenoxy) is 1. The molecule has 4 N–H and O–H groups in total. The molecule has 0 saturated carbocycles. The first-order valence-electron chi connectivity index (χ1n) is 5.33. The lowest BCUT2D eigenvalue weighted by Crippen LogP contribution is -2.28. The molecule has 0 bridgehead atoms. The zero-order chi connectivity index (χ0) is 12.8. The largest absolute Gasteiger partial charge is 0.484 e. The molecule has 0 fully saturated rings. The zero-order valence-electron chi connectivity index (χ0n) is 9.59. The minimum Gasteiger partial charge on any atom is -0.484 e. The predicted molar refractivity (Wildman–Crippen MR) is 64.6 cm³/mol. The fourth-order valence-corrected chi connectivity index (χ4v) is 1.26. The smallest absolute Gasteiger partial charge is 0.258 e. The van der Waals surface area contributed by atoms with E-state index >= 15 is 0 Å². The van der Waals surface area contributed by atoms with Gasteiger partial charge >= 0.3 is 0 Å². The van der Waals surface area contributed by atoms with Gasteiger partial charge in [0.05, 0.1) is 6.54 Å². The summed E-state index contributed by atoms with van der Waals surface area (Å²) in [6.45, 7) is 0.238. The number of carbonyl (C=O) groups excluding carboxylic acids is 1. The minimum absolute atomic E-state index is 0.0575. The van der Waals surface area contributed by atoms with Crippen molar-refractivity contribution >= 4 is 11.6 Å². The molecule has 0 radical (unpaired) electrons. The average molecular weight is 247 g/mol. The Bertz CT molecular complexity index is 495. The molecule has 7 heteroatoms. The van der Waals surface area contributed by atoms with Crippen LogP contribution in [0.4, 0.5) is 5.69 Å². The molecule has 0 aliphatic heterocycles. The van der Waals surface area contributed by atoms with E-state index in [1.54, 1.807) is 24.3 Å². The van der Waals surface area contributed by atoms with Crippen LogP contribution in [0, 0.1) is 0 Å². The first-order chi connectivity index (χ1) is 8.74. The highest BCUT2D eigenvalue weighted by molar-refractivity contribution is 5.77. The van der Waals surface area contributed by atoms with Crippen LogP contribution >= 0.6 is 0 Å². The van der Waals surface area contributed by atoms with Crippen LogP contribution in [0.5, 0.6) is 5.75 Å². The van der Waals surface area contributed by atoms with Crippen LogP contribution in [0.15, 0.2) is 30.6 Å². The minimum atomic E-state index is -0.233. The number of amides is 1. The van der Waals surface area contributed by atoms with Gasteiger partial charge in [-0.05, 0) is 24.3 Å². The molecule has 7 nitrogen and oxygen atoms in total. The SMILES string of the molecule is Nc1ccc(OCC(=O)NCc2ncn[nH]2)cc1. The molecule has 1 heterocycles. The molecule has 1 aromatic carbocycles. The summed E-state index contributed by atoms with van der Waals surface area (Å²) in [6.07, 6.45) is 1.38. The van der Waals surface area contributed by atoms with Crippen molar-refractivity contribution in [2.24, 2.45) is 0 Å². The van der Waals surface area contributed by atoms with E-state index in [0.29, 0.717) is 23.8 Å². The molecule has 18 heavy (non-hydrogen) atoms. The molecule has 0 atom stereocenters. The number of nitrogen functional groups attached to an aromatic ring is 1. The summed E-state index contributed by atoms with van der Waals surface area (Å²) in [5, 5.41) is 8.96. The second-order valence-corrected chi connectivity index (χ2v) is 3.57. The number of nitrogens with two attached hydrogens (primary N) is 1. The summed E-state index contributed by atoms with van der Waals surface area (Å²) in [5.74, 6) is 0.957. The normalized spacial score (nSPS) is 10.0. The highest BCUT2D eigenvalue weighted by Gasteiger charge is 2.03. The van der Waals surface area contributed by atoms with Gasteiger partial charge in [-0.2, -0.15) is 5.10 Å². The van der Waals surface area contributed by atoms with Crippen LogP contribution in [0.3, 0.4) is 0 Å². The summed E-state index contributed by atoms with van der Waals surface area (Å²) >= 11 is 0. The molecular weight excluding hydrogens is 234 g/mol. The van der Waals surface area contributed by atoms with Crippen molar-refractivity contribution in [3.05, 3.63) is 36.4 Å². The molecular formula is C11H13N5O2. The lowest BCUT2D eigenvalue weighted by molar-refractivity contribution is -0.123. The standard InChI is InChI=1S/C11H13N5O2/c12-8-1-3-9(4-2-8)18-6-11(17)13-5-10-14-7-15-16-10/h1-4,7H,5-6,12H2,(H,13,17)(H,14,15,16). The maximum atomic E-state index is 11.5. The fraction of sp³-hybridized carbons (Fsp3) is 0.182. The van der Waals surface area contributed by atoms with E-state index in [1.165, 1.54) is 6.33 Å². The third-order valence-corrected chi connectivity index (χ3v) is 2.17. The Balaban J connectivity index is 1.73. The number of anilines is 1. The molecule has 1 aromatic heterocycles. The second kappa shape index (κ2) is 5.67. The first-order valence-corrected chi connectivity index (χ1v) is 5.33. The lowest BCUT2D eigenvalue weighted by atomic mass is 10.3. The van der Waals surface area contributed by atoms with E-state index < -0.39 is 0 Å². The van der Waals surface area contributed by atoms with Crippen molar-refractivity contribution in [3.63, 3.8) is 0 Å². The van der Waals surface area contributed by atoms with Gasteiger partial charge in [0.25, 0.3) is 5.91 Å². The van der Waals surface area contributed by atoms with E-state index in [2.05, 4.69) is 20.5 Å². The van der Waals surface area contributed by atoms with E-state index in [-0.39, 0.29) is 12.5 Å². The number of hydrogen-bond acceptors (Lipinski definition) is 5. The van der Waals surface area contributed by atoms with Crippen molar-refractivity contribution in [3.8, 4) is 5.75 Å². The zero-order valence-corrected chi connectivity index (χ0v) is 9.59. The van der Waals surface area contributed by atoms with Gasteiger partial charge < -0.3 is 15.8 Å². The van der Waals surface area contributed by atoms with Gasteiger partial charge in [0, 0.05) is 5.69 Å². The number of nitrogens with zero attached hydrogens (tertiary/aromatic N) is 2. The molecule has 0 aliphatic carbocycles. The Morgan fingerprint density at radius 2 is 2.17 bits per heavy atom. The second-order valence-electron chi connectivity index (χ2n) is 3.57. The summed E-state index contributed by atoms with van der Waals surface area (Å²) < 4.78 is 5.28. The van der Waals surface area contributed by atoms with E-state index in [1.807, 2.05) is 0 Å². The molecule has 94 valence electrons. The lowest BCUT2D eigenvalue weighted by Gasteiger charge is -2.06. The topological polar surface area (TPSA) is 106 Å². The number of rotatable bonds is 5. The summed E-state index contributed by atoms with van der Waals surface area (Å²) in [5.41, 5.74) is 6.18. The van der Waals surface area contributed by atoms with E-state index in [0.717, 1.165) is 0 Å². The molecule has 0 spiro atoms. The van der Waals surface area contributed by atoms with Crippen LogP contribution in [0.25, 0.3) is 0 Å². The van der Waals surface area contributed by atoms with Gasteiger partial charge in [0.2, 0.25) is 0 Å². The molecule has 0 saturated heterocycles. The van der Waals surface area contributed by atoms with Gasteiger partial charge in [-0.1, -0.05) is 0 Å². The third kappa shape index (κ3) is 3.48. The number of nitrogens with one attached hydrogen (secondary N) is 2. The fourth-order valence-electron chi connectivity index (χ4n) is 1.26. The average Bonchev–Trinajstić information content (AvgIpc) is 2.89. The third-order valence-electron chi connectivity index (χ3n) is 2.17. The van der Waals surface area contributed by atoms with Gasteiger partial charge in [-0.25, -0.2) is 4.98 Å².